The molecule has 22 heteroatoms. The third-order valence-corrected chi connectivity index (χ3v) is 22.1. The van der Waals surface area contributed by atoms with Crippen LogP contribution in [0.5, 0.6) is 0 Å². The van der Waals surface area contributed by atoms with Gasteiger partial charge in [-0.15, -0.1) is 5.92 Å². The van der Waals surface area contributed by atoms with E-state index in [2.05, 4.69) is 51.6 Å². The summed E-state index contributed by atoms with van der Waals surface area (Å²) in [6.45, 7) is 14.3. The molecule has 1 spiro atoms. The van der Waals surface area contributed by atoms with Crippen molar-refractivity contribution in [1.82, 2.24) is 34.7 Å². The van der Waals surface area contributed by atoms with Crippen molar-refractivity contribution in [2.75, 3.05) is 83.2 Å². The molecule has 2 saturated carbocycles. The topological polar surface area (TPSA) is 248 Å². The number of anilines is 2. The number of allylic oxidation sites excluding steroid dienone is 4. The minimum Gasteiger partial charge on any atom is -0.444 e. The summed E-state index contributed by atoms with van der Waals surface area (Å²) >= 11 is 0. The summed E-state index contributed by atoms with van der Waals surface area (Å²) in [6.07, 6.45) is 18.8. The van der Waals surface area contributed by atoms with E-state index in [0.717, 1.165) is 120 Å². The second-order valence-corrected chi connectivity index (χ2v) is 31.2. The molecule has 540 valence electrons. The Kier molecular flexibility index (Phi) is 22.4. The Balaban J connectivity index is 0.659. The number of hydrogen-bond donors (Lipinski definition) is 2. The fourth-order valence-electron chi connectivity index (χ4n) is 17.1. The Morgan fingerprint density at radius 3 is 1.99 bits per heavy atom. The number of nitrogens with one attached hydrogen (secondary N) is 2. The number of imide groups is 2. The number of carbonyl (C=O) groups is 10. The molecule has 9 amide bonds. The summed E-state index contributed by atoms with van der Waals surface area (Å²) in [6, 6.07) is 10.7. The zero-order valence-corrected chi connectivity index (χ0v) is 60.4. The predicted molar refractivity (Wildman–Crippen MR) is 378 cm³/mol. The lowest BCUT2D eigenvalue weighted by Gasteiger charge is -2.46. The number of ether oxygens (including phenoxy) is 3. The number of amides is 9. The van der Waals surface area contributed by atoms with E-state index in [-0.39, 0.29) is 104 Å². The Morgan fingerprint density at radius 1 is 0.700 bits per heavy atom. The van der Waals surface area contributed by atoms with Crippen molar-refractivity contribution in [3.8, 4) is 11.8 Å². The number of epoxide rings is 1. The van der Waals surface area contributed by atoms with E-state index in [0.29, 0.717) is 50.0 Å². The van der Waals surface area contributed by atoms with E-state index in [9.17, 15) is 43.2 Å². The second kappa shape index (κ2) is 30.6. The molecular formula is C78H105N9O13. The average molecular weight is 1380 g/mol. The summed E-state index contributed by atoms with van der Waals surface area (Å²) in [5.41, 5.74) is 5.21. The molecule has 0 aromatic heterocycles. The van der Waals surface area contributed by atoms with Gasteiger partial charge in [0.25, 0.3) is 11.8 Å². The highest BCUT2D eigenvalue weighted by atomic mass is 16.6. The minimum atomic E-state index is -1.12. The van der Waals surface area contributed by atoms with Crippen LogP contribution in [-0.4, -0.2) is 202 Å². The third-order valence-electron chi connectivity index (χ3n) is 22.1. The molecule has 5 aliphatic heterocycles. The smallest absolute Gasteiger partial charge is 0.410 e. The summed E-state index contributed by atoms with van der Waals surface area (Å²) in [4.78, 5) is 147. The normalized spacial score (nSPS) is 25.6. The first kappa shape index (κ1) is 73.2. The van der Waals surface area contributed by atoms with E-state index in [4.69, 9.17) is 14.2 Å². The predicted octanol–water partition coefficient (Wildman–Crippen LogP) is 10.5. The van der Waals surface area contributed by atoms with Gasteiger partial charge in [0.2, 0.25) is 29.5 Å². The van der Waals surface area contributed by atoms with Gasteiger partial charge in [-0.25, -0.2) is 9.59 Å². The van der Waals surface area contributed by atoms with E-state index >= 15 is 4.79 Å². The van der Waals surface area contributed by atoms with Gasteiger partial charge in [0, 0.05) is 96.5 Å². The lowest BCUT2D eigenvalue weighted by Crippen LogP contribution is -2.68. The Labute approximate surface area is 590 Å². The van der Waals surface area contributed by atoms with Crippen LogP contribution in [0.1, 0.15) is 222 Å². The van der Waals surface area contributed by atoms with Gasteiger partial charge < -0.3 is 48.9 Å². The Bertz CT molecular complexity index is 3630. The monoisotopic (exact) mass is 1380 g/mol. The van der Waals surface area contributed by atoms with Gasteiger partial charge >= 0.3 is 12.2 Å². The van der Waals surface area contributed by atoms with Crippen molar-refractivity contribution in [2.24, 2.45) is 11.8 Å². The summed E-state index contributed by atoms with van der Waals surface area (Å²) in [7, 11) is 3.74. The highest BCUT2D eigenvalue weighted by molar-refractivity contribution is 6.25. The number of fused-ring (bicyclic) bond motifs is 4. The first-order valence-electron chi connectivity index (χ1n) is 37.0. The first-order valence-corrected chi connectivity index (χ1v) is 37.0. The largest absolute Gasteiger partial charge is 0.444 e. The molecule has 4 aliphatic carbocycles. The van der Waals surface area contributed by atoms with Crippen LogP contribution in [-0.2, 0) is 43.0 Å². The van der Waals surface area contributed by atoms with Crippen LogP contribution in [0.4, 0.5) is 21.0 Å². The molecular weight excluding hydrogens is 1270 g/mol. The summed E-state index contributed by atoms with van der Waals surface area (Å²) in [5.74, 6) is 4.76. The molecule has 9 aliphatic rings. The number of piperazine rings is 2. The number of benzene rings is 2. The van der Waals surface area contributed by atoms with E-state index < -0.39 is 71.1 Å². The Morgan fingerprint density at radius 2 is 1.34 bits per heavy atom. The lowest BCUT2D eigenvalue weighted by atomic mass is 9.57. The number of hydrogen-bond acceptors (Lipinski definition) is 15. The van der Waals surface area contributed by atoms with Gasteiger partial charge in [0.1, 0.15) is 34.9 Å². The molecule has 2 aromatic carbocycles. The molecule has 0 bridgehead atoms. The highest BCUT2D eigenvalue weighted by Gasteiger charge is 2.79. The van der Waals surface area contributed by atoms with Gasteiger partial charge in [-0.1, -0.05) is 87.5 Å². The number of unbranched alkanes of at least 4 members (excludes halogenated alkanes) is 10. The molecule has 2 aromatic rings. The van der Waals surface area contributed by atoms with Gasteiger partial charge in [0.05, 0.1) is 24.2 Å². The van der Waals surface area contributed by atoms with Crippen LogP contribution in [0.15, 0.2) is 65.3 Å². The molecule has 2 N–H and O–H groups in total. The standard InChI is InChI=1S/C78H105N9O13/c1-10-38-77-39-37-59-56-33-29-52-47-54(88)32-34-55(52)66(56)58(48-78(59,77)100-77)51-27-30-53(31-28-51)81(8)42-23-26-65(90)85-45-43-83(73(96)98-75(2,3)4)50-63(85)71(94)86-46-44-84(74(97)99-76(5,6)7)49-62(86)70(93)82(9)41-21-19-17-15-13-11-12-14-16-18-20-40-79-60-25-22-24-57-67(60)72(95)87(69(57)92)61-35-36-64(89)80-68(61)91/h22,24-25,27-28,30-31,47,56,58-59,61-63,79H,11-21,23,26,29,32-37,39-46,48-50H2,1-9H3,(H,80,89,91)/t56-,58+,59-,61?,62?,63?,77-,78+/m0/s1. The molecule has 8 atom stereocenters. The SMILES string of the molecule is CC#C[C@]12CC[C@H]3[C@@H]4CCC5=CC(=O)CCC5=C4[C@@H](c4ccc(N(C)CCCC(=O)N5CCN(C(=O)OC(C)(C)C)CC5C(=O)N5CCN(C(=O)OC(C)(C)C)CC5C(=O)N(C)CCCCCCCCCCCCCNc5cccc6c5C(=O)N(C5CCC(=O)NC5=O)C6=O)cc4)C[C@@]31O2. The van der Waals surface area contributed by atoms with Crippen LogP contribution in [0.3, 0.4) is 0 Å². The summed E-state index contributed by atoms with van der Waals surface area (Å²) < 4.78 is 18.4. The quantitative estimate of drug-likeness (QED) is 0.0429. The molecule has 5 heterocycles. The molecule has 6 fully saturated rings. The van der Waals surface area contributed by atoms with Crippen molar-refractivity contribution in [3.05, 3.63) is 82.0 Å². The number of piperidine rings is 1. The van der Waals surface area contributed by atoms with Crippen molar-refractivity contribution in [3.63, 3.8) is 0 Å². The lowest BCUT2D eigenvalue weighted by molar-refractivity contribution is -0.157. The fourth-order valence-corrected chi connectivity index (χ4v) is 17.1. The summed E-state index contributed by atoms with van der Waals surface area (Å²) in [5, 5.41) is 5.57. The van der Waals surface area contributed by atoms with Crippen LogP contribution >= 0.6 is 0 Å². The number of rotatable bonds is 24. The van der Waals surface area contributed by atoms with Gasteiger partial charge in [-0.05, 0) is 172 Å². The third kappa shape index (κ3) is 15.8. The maximum atomic E-state index is 15.4. The second-order valence-electron chi connectivity index (χ2n) is 31.2. The number of carbonyl (C=O) groups excluding carboxylic acids is 10. The molecule has 100 heavy (non-hydrogen) atoms. The van der Waals surface area contributed by atoms with E-state index in [1.807, 2.05) is 20.0 Å². The zero-order valence-electron chi connectivity index (χ0n) is 60.4. The highest BCUT2D eigenvalue weighted by Crippen LogP contribution is 2.73. The van der Waals surface area contributed by atoms with E-state index in [1.54, 1.807) is 76.6 Å². The van der Waals surface area contributed by atoms with Gasteiger partial charge in [-0.3, -0.25) is 48.6 Å². The molecule has 11 rings (SSSR count). The van der Waals surface area contributed by atoms with E-state index in [1.165, 1.54) is 37.0 Å². The van der Waals surface area contributed by atoms with Gasteiger partial charge in [0.15, 0.2) is 11.4 Å². The molecule has 4 saturated heterocycles. The van der Waals surface area contributed by atoms with Crippen LogP contribution in [0.25, 0.3) is 0 Å². The van der Waals surface area contributed by atoms with Crippen LogP contribution < -0.4 is 15.5 Å². The molecule has 0 radical (unpaired) electrons. The minimum absolute atomic E-state index is 0.00970. The fraction of sp³-hybridized carbons (Fsp3) is 0.641. The van der Waals surface area contributed by atoms with Crippen molar-refractivity contribution < 1.29 is 62.2 Å². The number of likely N-dealkylation sites (N-methyl/N-ethyl adjacent to an activating group) is 1. The van der Waals surface area contributed by atoms with Crippen molar-refractivity contribution in [2.45, 2.75) is 236 Å². The van der Waals surface area contributed by atoms with Crippen LogP contribution in [0, 0.1) is 23.7 Å². The maximum Gasteiger partial charge on any atom is 0.410 e. The Hall–Kier alpha value is -8.06. The molecule has 3 unspecified atom stereocenters. The number of nitrogens with zero attached hydrogens (tertiary/aromatic N) is 7. The van der Waals surface area contributed by atoms with Crippen molar-refractivity contribution in [1.29, 1.82) is 0 Å². The van der Waals surface area contributed by atoms with Crippen LogP contribution in [0.2, 0.25) is 0 Å². The number of ketones is 1. The molecule has 22 nitrogen and oxygen atoms in total. The van der Waals surface area contributed by atoms with Crippen molar-refractivity contribution >= 4 is 70.7 Å². The first-order chi connectivity index (χ1) is 47.7. The zero-order chi connectivity index (χ0) is 71.4. The van der Waals surface area contributed by atoms with Gasteiger partial charge in [-0.2, -0.15) is 0 Å². The average Bonchev–Trinajstić information content (AvgIpc) is 1.49. The maximum absolute atomic E-state index is 15.4.